The van der Waals surface area contributed by atoms with Gasteiger partial charge in [0, 0.05) is 13.0 Å². The van der Waals surface area contributed by atoms with Gasteiger partial charge in [-0.15, -0.1) is 0 Å². The summed E-state index contributed by atoms with van der Waals surface area (Å²) in [5, 5.41) is 8.92. The molecule has 2 unspecified atom stereocenters. The second kappa shape index (κ2) is 6.79. The van der Waals surface area contributed by atoms with Gasteiger partial charge in [0.2, 0.25) is 5.67 Å². The van der Waals surface area contributed by atoms with Crippen LogP contribution in [0.5, 0.6) is 5.75 Å². The Morgan fingerprint density at radius 2 is 2.00 bits per heavy atom. The van der Waals surface area contributed by atoms with E-state index < -0.39 is 30.2 Å². The van der Waals surface area contributed by atoms with E-state index >= 15 is 0 Å². The molecule has 1 fully saturated rings. The molecule has 2 atom stereocenters. The van der Waals surface area contributed by atoms with E-state index in [1.54, 1.807) is 6.92 Å². The Hall–Kier alpha value is -2.11. The number of rotatable bonds is 5. The Morgan fingerprint density at radius 1 is 1.33 bits per heavy atom. The van der Waals surface area contributed by atoms with Crippen molar-refractivity contribution >= 4 is 11.9 Å². The molecule has 1 aliphatic heterocycles. The topological polar surface area (TPSA) is 66.8 Å². The van der Waals surface area contributed by atoms with Crippen LogP contribution in [0.2, 0.25) is 0 Å². The summed E-state index contributed by atoms with van der Waals surface area (Å²) in [5.74, 6) is -0.969. The maximum absolute atomic E-state index is 14.1. The lowest BCUT2D eigenvalue weighted by Crippen LogP contribution is -2.43. The Morgan fingerprint density at radius 3 is 2.54 bits per heavy atom. The molecule has 132 valence electrons. The molecule has 1 aromatic carbocycles. The van der Waals surface area contributed by atoms with Crippen molar-refractivity contribution in [2.75, 3.05) is 13.1 Å². The van der Waals surface area contributed by atoms with Gasteiger partial charge in [-0.05, 0) is 37.0 Å². The van der Waals surface area contributed by atoms with Gasteiger partial charge in [-0.1, -0.05) is 26.0 Å². The average molecular weight is 337 g/mol. The molecule has 24 heavy (non-hydrogen) atoms. The summed E-state index contributed by atoms with van der Waals surface area (Å²) in [6.07, 6.45) is -0.995. The largest absolute Gasteiger partial charge is 0.481 e. The lowest BCUT2D eigenvalue weighted by Gasteiger charge is -2.23. The molecule has 1 heterocycles. The van der Waals surface area contributed by atoms with Crippen molar-refractivity contribution in [3.63, 3.8) is 0 Å². The van der Waals surface area contributed by atoms with Gasteiger partial charge in [0.1, 0.15) is 5.75 Å². The first kappa shape index (κ1) is 18.2. The van der Waals surface area contributed by atoms with E-state index in [1.165, 1.54) is 4.90 Å². The number of nitrogens with zero attached hydrogens (tertiary/aromatic N) is 1. The predicted molar refractivity (Wildman–Crippen MR) is 88.0 cm³/mol. The molecule has 0 aliphatic carbocycles. The van der Waals surface area contributed by atoms with E-state index in [1.807, 2.05) is 25.1 Å². The number of benzene rings is 1. The van der Waals surface area contributed by atoms with Gasteiger partial charge >= 0.3 is 5.97 Å². The molecule has 1 amide bonds. The number of carboxylic acids is 1. The standard InChI is InChI=1S/C18H24FNO4/c1-11(2)14-6-5-12(3)15(9-14)24-13(4)16(21)20-8-7-18(19,10-20)17(22)23/h5-6,9,11,13H,7-8,10H2,1-4H3,(H,22,23). The third-order valence-electron chi connectivity index (χ3n) is 4.44. The summed E-state index contributed by atoms with van der Waals surface area (Å²) in [4.78, 5) is 24.6. The number of carbonyl (C=O) groups excluding carboxylic acids is 1. The Balaban J connectivity index is 2.08. The van der Waals surface area contributed by atoms with Crippen LogP contribution in [0.25, 0.3) is 0 Å². The van der Waals surface area contributed by atoms with Crippen LogP contribution in [0.15, 0.2) is 18.2 Å². The summed E-state index contributed by atoms with van der Waals surface area (Å²) in [7, 11) is 0. The summed E-state index contributed by atoms with van der Waals surface area (Å²) in [6.45, 7) is 7.28. The summed E-state index contributed by atoms with van der Waals surface area (Å²) >= 11 is 0. The molecule has 0 saturated carbocycles. The second-order valence-corrected chi connectivity index (χ2v) is 6.72. The van der Waals surface area contributed by atoms with Gasteiger partial charge in [-0.3, -0.25) is 4.79 Å². The highest BCUT2D eigenvalue weighted by atomic mass is 19.1. The fraction of sp³-hybridized carbons (Fsp3) is 0.556. The van der Waals surface area contributed by atoms with Crippen molar-refractivity contribution in [1.29, 1.82) is 0 Å². The van der Waals surface area contributed by atoms with Crippen LogP contribution >= 0.6 is 0 Å². The number of alkyl halides is 1. The molecule has 2 rings (SSSR count). The first-order valence-corrected chi connectivity index (χ1v) is 8.12. The van der Waals surface area contributed by atoms with E-state index in [4.69, 9.17) is 9.84 Å². The monoisotopic (exact) mass is 337 g/mol. The first-order chi connectivity index (χ1) is 11.1. The number of carboxylic acid groups (broad SMARTS) is 1. The number of carbonyl (C=O) groups is 2. The molecule has 0 bridgehead atoms. The van der Waals surface area contributed by atoms with Crippen LogP contribution in [0.4, 0.5) is 4.39 Å². The van der Waals surface area contributed by atoms with E-state index in [0.29, 0.717) is 11.7 Å². The molecule has 5 nitrogen and oxygen atoms in total. The zero-order valence-electron chi connectivity index (χ0n) is 14.5. The minimum absolute atomic E-state index is 0.0837. The third kappa shape index (κ3) is 3.68. The first-order valence-electron chi connectivity index (χ1n) is 8.12. The Bertz CT molecular complexity index is 646. The SMILES string of the molecule is Cc1ccc(C(C)C)cc1OC(C)C(=O)N1CCC(F)(C(=O)O)C1. The van der Waals surface area contributed by atoms with E-state index in [9.17, 15) is 14.0 Å². The second-order valence-electron chi connectivity index (χ2n) is 6.72. The smallest absolute Gasteiger partial charge is 0.343 e. The Labute approximate surface area is 141 Å². The number of hydrogen-bond donors (Lipinski definition) is 1. The van der Waals surface area contributed by atoms with Crippen molar-refractivity contribution in [1.82, 2.24) is 4.90 Å². The summed E-state index contributed by atoms with van der Waals surface area (Å²) in [5.41, 5.74) is -0.348. The molecule has 0 radical (unpaired) electrons. The van der Waals surface area contributed by atoms with Crippen LogP contribution in [-0.2, 0) is 9.59 Å². The van der Waals surface area contributed by atoms with E-state index in [-0.39, 0.29) is 13.0 Å². The van der Waals surface area contributed by atoms with Crippen LogP contribution in [0, 0.1) is 6.92 Å². The minimum atomic E-state index is -2.36. The highest BCUT2D eigenvalue weighted by Gasteiger charge is 2.47. The zero-order chi connectivity index (χ0) is 18.1. The normalized spacial score (nSPS) is 21.8. The number of aliphatic carboxylic acids is 1. The number of halogens is 1. The maximum Gasteiger partial charge on any atom is 0.343 e. The van der Waals surface area contributed by atoms with Gasteiger partial charge in [-0.2, -0.15) is 0 Å². The number of likely N-dealkylation sites (tertiary alicyclic amines) is 1. The molecule has 1 aromatic rings. The molecule has 1 saturated heterocycles. The van der Waals surface area contributed by atoms with E-state index in [2.05, 4.69) is 13.8 Å². The van der Waals surface area contributed by atoms with Crippen molar-refractivity contribution in [3.05, 3.63) is 29.3 Å². The number of ether oxygens (including phenoxy) is 1. The minimum Gasteiger partial charge on any atom is -0.481 e. The van der Waals surface area contributed by atoms with Gasteiger partial charge in [-0.25, -0.2) is 9.18 Å². The Kier molecular flexibility index (Phi) is 5.16. The molecule has 1 N–H and O–H groups in total. The molecule has 0 spiro atoms. The highest BCUT2D eigenvalue weighted by molar-refractivity contribution is 5.84. The fourth-order valence-electron chi connectivity index (χ4n) is 2.74. The number of hydrogen-bond acceptors (Lipinski definition) is 3. The fourth-order valence-corrected chi connectivity index (χ4v) is 2.74. The molecule has 6 heteroatoms. The van der Waals surface area contributed by atoms with Crippen LogP contribution in [0.3, 0.4) is 0 Å². The summed E-state index contributed by atoms with van der Waals surface area (Å²) < 4.78 is 19.9. The predicted octanol–water partition coefficient (Wildman–Crippen LogP) is 2.91. The average Bonchev–Trinajstić information content (AvgIpc) is 2.92. The van der Waals surface area contributed by atoms with Crippen molar-refractivity contribution in [2.24, 2.45) is 0 Å². The number of aryl methyl sites for hydroxylation is 1. The van der Waals surface area contributed by atoms with Crippen LogP contribution < -0.4 is 4.74 Å². The molecule has 1 aliphatic rings. The molecular formula is C18H24FNO4. The van der Waals surface area contributed by atoms with Crippen molar-refractivity contribution in [2.45, 2.75) is 51.8 Å². The van der Waals surface area contributed by atoms with Gasteiger partial charge in [0.15, 0.2) is 6.10 Å². The molecular weight excluding hydrogens is 313 g/mol. The van der Waals surface area contributed by atoms with Gasteiger partial charge < -0.3 is 14.7 Å². The van der Waals surface area contributed by atoms with E-state index in [0.717, 1.165) is 11.1 Å². The highest BCUT2D eigenvalue weighted by Crippen LogP contribution is 2.28. The van der Waals surface area contributed by atoms with Gasteiger partial charge in [0.25, 0.3) is 5.91 Å². The maximum atomic E-state index is 14.1. The summed E-state index contributed by atoms with van der Waals surface area (Å²) in [6, 6.07) is 5.86. The van der Waals surface area contributed by atoms with Crippen LogP contribution in [-0.4, -0.2) is 46.7 Å². The third-order valence-corrected chi connectivity index (χ3v) is 4.44. The van der Waals surface area contributed by atoms with Crippen molar-refractivity contribution in [3.8, 4) is 5.75 Å². The van der Waals surface area contributed by atoms with Gasteiger partial charge in [0.05, 0.1) is 6.54 Å². The molecule has 0 aromatic heterocycles. The zero-order valence-corrected chi connectivity index (χ0v) is 14.5. The van der Waals surface area contributed by atoms with Crippen LogP contribution in [0.1, 0.15) is 44.2 Å². The van der Waals surface area contributed by atoms with Crippen molar-refractivity contribution < 1.29 is 23.8 Å². The quantitative estimate of drug-likeness (QED) is 0.897. The lowest BCUT2D eigenvalue weighted by atomic mass is 10.0. The number of amides is 1. The lowest BCUT2D eigenvalue weighted by molar-refractivity contribution is -0.150.